The summed E-state index contributed by atoms with van der Waals surface area (Å²) in [5.41, 5.74) is -1.23. The van der Waals surface area contributed by atoms with Crippen LogP contribution in [-0.4, -0.2) is 27.1 Å². The average Bonchev–Trinajstić information content (AvgIpc) is 2.45. The fourth-order valence-corrected chi connectivity index (χ4v) is 1.93. The van der Waals surface area contributed by atoms with Crippen molar-refractivity contribution in [3.8, 4) is 11.1 Å². The van der Waals surface area contributed by atoms with Gasteiger partial charge in [0, 0.05) is 17.7 Å². The summed E-state index contributed by atoms with van der Waals surface area (Å²) < 4.78 is 13.7. The van der Waals surface area contributed by atoms with E-state index in [0.717, 1.165) is 30.3 Å². The Morgan fingerprint density at radius 2 is 1.59 bits per heavy atom. The maximum atomic E-state index is 13.7. The van der Waals surface area contributed by atoms with Gasteiger partial charge in [0.2, 0.25) is 0 Å². The van der Waals surface area contributed by atoms with Gasteiger partial charge >= 0.3 is 11.9 Å². The molecule has 0 aliphatic rings. The molecule has 0 saturated carbocycles. The molecular formula is C14H8FNO6. The molecule has 0 amide bonds. The van der Waals surface area contributed by atoms with Crippen LogP contribution in [0.4, 0.5) is 10.1 Å². The van der Waals surface area contributed by atoms with Gasteiger partial charge in [-0.15, -0.1) is 0 Å². The molecule has 22 heavy (non-hydrogen) atoms. The first-order valence-corrected chi connectivity index (χ1v) is 5.86. The van der Waals surface area contributed by atoms with Crippen molar-refractivity contribution in [2.45, 2.75) is 0 Å². The summed E-state index contributed by atoms with van der Waals surface area (Å²) in [5, 5.41) is 28.7. The highest BCUT2D eigenvalue weighted by Gasteiger charge is 2.18. The zero-order chi connectivity index (χ0) is 16.4. The molecule has 2 rings (SSSR count). The van der Waals surface area contributed by atoms with Crippen LogP contribution in [0.15, 0.2) is 36.4 Å². The third-order valence-corrected chi connectivity index (χ3v) is 2.95. The number of nitro groups is 1. The number of carboxylic acids is 2. The van der Waals surface area contributed by atoms with E-state index in [4.69, 9.17) is 10.2 Å². The lowest BCUT2D eigenvalue weighted by Crippen LogP contribution is -2.03. The van der Waals surface area contributed by atoms with Gasteiger partial charge in [0.25, 0.3) is 5.69 Å². The molecule has 112 valence electrons. The number of rotatable bonds is 4. The van der Waals surface area contributed by atoms with Crippen LogP contribution in [0.5, 0.6) is 0 Å². The van der Waals surface area contributed by atoms with Gasteiger partial charge in [-0.25, -0.2) is 14.0 Å². The Kier molecular flexibility index (Phi) is 3.85. The Morgan fingerprint density at radius 1 is 1.00 bits per heavy atom. The zero-order valence-electron chi connectivity index (χ0n) is 10.8. The van der Waals surface area contributed by atoms with Crippen molar-refractivity contribution in [3.63, 3.8) is 0 Å². The summed E-state index contributed by atoms with van der Waals surface area (Å²) in [6.07, 6.45) is 0. The predicted molar refractivity (Wildman–Crippen MR) is 72.4 cm³/mol. The Balaban J connectivity index is 2.66. The molecular weight excluding hydrogens is 297 g/mol. The van der Waals surface area contributed by atoms with E-state index in [2.05, 4.69) is 0 Å². The van der Waals surface area contributed by atoms with Gasteiger partial charge < -0.3 is 10.2 Å². The summed E-state index contributed by atoms with van der Waals surface area (Å²) in [7, 11) is 0. The van der Waals surface area contributed by atoms with Crippen molar-refractivity contribution in [2.24, 2.45) is 0 Å². The van der Waals surface area contributed by atoms with Crippen LogP contribution in [0.1, 0.15) is 20.7 Å². The molecule has 0 radical (unpaired) electrons. The molecule has 0 aromatic heterocycles. The fourth-order valence-electron chi connectivity index (χ4n) is 1.93. The standard InChI is InChI=1S/C14H8FNO6/c15-12-5-7(1-3-10(12)14(19)20)11-6-8(16(21)22)2-4-9(11)13(17)18/h1-6H,(H,17,18)(H,19,20). The topological polar surface area (TPSA) is 118 Å². The van der Waals surface area contributed by atoms with Crippen LogP contribution in [0.25, 0.3) is 11.1 Å². The van der Waals surface area contributed by atoms with Gasteiger partial charge in [0.1, 0.15) is 5.82 Å². The van der Waals surface area contributed by atoms with Crippen LogP contribution < -0.4 is 0 Å². The lowest BCUT2D eigenvalue weighted by molar-refractivity contribution is -0.384. The number of carbonyl (C=O) groups is 2. The number of nitrogens with zero attached hydrogens (tertiary/aromatic N) is 1. The van der Waals surface area contributed by atoms with Crippen molar-refractivity contribution in [1.82, 2.24) is 0 Å². The Morgan fingerprint density at radius 3 is 2.09 bits per heavy atom. The van der Waals surface area contributed by atoms with E-state index in [9.17, 15) is 24.1 Å². The molecule has 2 N–H and O–H groups in total. The van der Waals surface area contributed by atoms with Crippen LogP contribution in [0.2, 0.25) is 0 Å². The van der Waals surface area contributed by atoms with Crippen molar-refractivity contribution >= 4 is 17.6 Å². The maximum absolute atomic E-state index is 13.7. The zero-order valence-corrected chi connectivity index (χ0v) is 10.8. The van der Waals surface area contributed by atoms with Crippen LogP contribution in [0, 0.1) is 15.9 Å². The molecule has 0 spiro atoms. The van der Waals surface area contributed by atoms with Gasteiger partial charge in [-0.2, -0.15) is 0 Å². The largest absolute Gasteiger partial charge is 0.478 e. The summed E-state index contributed by atoms with van der Waals surface area (Å²) in [6.45, 7) is 0. The average molecular weight is 305 g/mol. The van der Waals surface area contributed by atoms with Gasteiger partial charge in [-0.3, -0.25) is 10.1 Å². The van der Waals surface area contributed by atoms with E-state index in [1.165, 1.54) is 6.07 Å². The number of hydrogen-bond donors (Lipinski definition) is 2. The second kappa shape index (κ2) is 5.60. The Bertz CT molecular complexity index is 802. The minimum absolute atomic E-state index is 0.0311. The molecule has 2 aromatic carbocycles. The highest BCUT2D eigenvalue weighted by Crippen LogP contribution is 2.29. The Labute approximate surface area is 122 Å². The molecule has 7 nitrogen and oxygen atoms in total. The lowest BCUT2D eigenvalue weighted by Gasteiger charge is -2.07. The number of non-ortho nitro benzene ring substituents is 1. The fraction of sp³-hybridized carbons (Fsp3) is 0. The van der Waals surface area contributed by atoms with E-state index in [1.54, 1.807) is 0 Å². The van der Waals surface area contributed by atoms with Gasteiger partial charge in [0.15, 0.2) is 0 Å². The first kappa shape index (κ1) is 15.1. The Hall–Kier alpha value is -3.29. The van der Waals surface area contributed by atoms with Crippen molar-refractivity contribution in [2.75, 3.05) is 0 Å². The first-order chi connectivity index (χ1) is 10.3. The highest BCUT2D eigenvalue weighted by molar-refractivity contribution is 5.97. The van der Waals surface area contributed by atoms with Crippen molar-refractivity contribution in [3.05, 3.63) is 63.5 Å². The van der Waals surface area contributed by atoms with Crippen molar-refractivity contribution < 1.29 is 29.1 Å². The van der Waals surface area contributed by atoms with E-state index in [1.807, 2.05) is 0 Å². The molecule has 0 unspecified atom stereocenters. The maximum Gasteiger partial charge on any atom is 0.338 e. The normalized spacial score (nSPS) is 10.2. The van der Waals surface area contributed by atoms with Crippen LogP contribution >= 0.6 is 0 Å². The molecule has 0 aliphatic carbocycles. The SMILES string of the molecule is O=C(O)c1ccc(-c2cc([N+](=O)[O-])ccc2C(=O)O)cc1F. The third-order valence-electron chi connectivity index (χ3n) is 2.95. The molecule has 0 atom stereocenters. The molecule has 0 bridgehead atoms. The van der Waals surface area contributed by atoms with Crippen molar-refractivity contribution in [1.29, 1.82) is 0 Å². The third kappa shape index (κ3) is 2.75. The number of hydrogen-bond acceptors (Lipinski definition) is 4. The summed E-state index contributed by atoms with van der Waals surface area (Å²) in [5.74, 6) is -3.87. The minimum atomic E-state index is -1.47. The smallest absolute Gasteiger partial charge is 0.338 e. The van der Waals surface area contributed by atoms with Gasteiger partial charge in [-0.05, 0) is 23.8 Å². The molecule has 0 fully saturated rings. The number of carboxylic acid groups (broad SMARTS) is 2. The summed E-state index contributed by atoms with van der Waals surface area (Å²) in [4.78, 5) is 32.0. The van der Waals surface area contributed by atoms with E-state index >= 15 is 0 Å². The van der Waals surface area contributed by atoms with Crippen LogP contribution in [0.3, 0.4) is 0 Å². The van der Waals surface area contributed by atoms with Gasteiger partial charge in [0.05, 0.1) is 16.1 Å². The number of nitro benzene ring substituents is 1. The number of aromatic carboxylic acids is 2. The number of halogens is 1. The minimum Gasteiger partial charge on any atom is -0.478 e. The first-order valence-electron chi connectivity index (χ1n) is 5.86. The summed E-state index contributed by atoms with van der Waals surface area (Å²) >= 11 is 0. The quantitative estimate of drug-likeness (QED) is 0.662. The van der Waals surface area contributed by atoms with Gasteiger partial charge in [-0.1, -0.05) is 6.07 Å². The monoisotopic (exact) mass is 305 g/mol. The molecule has 0 aliphatic heterocycles. The van der Waals surface area contributed by atoms with Crippen LogP contribution in [-0.2, 0) is 0 Å². The second-order valence-electron chi connectivity index (χ2n) is 4.29. The molecule has 8 heteroatoms. The van der Waals surface area contributed by atoms with E-state index < -0.39 is 28.2 Å². The lowest BCUT2D eigenvalue weighted by atomic mass is 9.97. The number of benzene rings is 2. The molecule has 2 aromatic rings. The molecule has 0 saturated heterocycles. The predicted octanol–water partition coefficient (Wildman–Crippen LogP) is 2.80. The summed E-state index contributed by atoms with van der Waals surface area (Å²) in [6, 6.07) is 6.05. The van der Waals surface area contributed by atoms with E-state index in [0.29, 0.717) is 0 Å². The van der Waals surface area contributed by atoms with E-state index in [-0.39, 0.29) is 22.4 Å². The second-order valence-corrected chi connectivity index (χ2v) is 4.29. The molecule has 0 heterocycles. The highest BCUT2D eigenvalue weighted by atomic mass is 19.1.